The van der Waals surface area contributed by atoms with Crippen LogP contribution in [0.1, 0.15) is 43.1 Å². The molecule has 1 heterocycles. The second-order valence-corrected chi connectivity index (χ2v) is 4.52. The second kappa shape index (κ2) is 5.77. The van der Waals surface area contributed by atoms with Gasteiger partial charge in [-0.1, -0.05) is 13.3 Å². The molecule has 98 valence electrons. The van der Waals surface area contributed by atoms with Crippen LogP contribution in [0.2, 0.25) is 0 Å². The molecule has 1 aliphatic carbocycles. The van der Waals surface area contributed by atoms with Gasteiger partial charge in [0, 0.05) is 12.6 Å². The number of carbonyl (C=O) groups excluding carboxylic acids is 1. The van der Waals surface area contributed by atoms with Crippen LogP contribution in [0.15, 0.2) is 12.4 Å². The van der Waals surface area contributed by atoms with Crippen molar-refractivity contribution >= 4 is 11.7 Å². The number of nitrogens with one attached hydrogen (secondary N) is 1. The Morgan fingerprint density at radius 2 is 2.33 bits per heavy atom. The summed E-state index contributed by atoms with van der Waals surface area (Å²) < 4.78 is 0. The van der Waals surface area contributed by atoms with Crippen molar-refractivity contribution in [2.45, 2.75) is 38.6 Å². The van der Waals surface area contributed by atoms with Crippen LogP contribution in [-0.2, 0) is 0 Å². The van der Waals surface area contributed by atoms with Crippen molar-refractivity contribution in [1.82, 2.24) is 14.9 Å². The molecule has 0 aliphatic heterocycles. The van der Waals surface area contributed by atoms with Crippen LogP contribution in [0.3, 0.4) is 0 Å². The molecule has 1 fully saturated rings. The van der Waals surface area contributed by atoms with Crippen molar-refractivity contribution in [2.75, 3.05) is 12.0 Å². The summed E-state index contributed by atoms with van der Waals surface area (Å²) in [5, 5.41) is 0. The lowest BCUT2D eigenvalue weighted by molar-refractivity contribution is 0.0734. The first kappa shape index (κ1) is 12.8. The first-order chi connectivity index (χ1) is 8.76. The summed E-state index contributed by atoms with van der Waals surface area (Å²) in [4.78, 5) is 22.4. The van der Waals surface area contributed by atoms with Crippen molar-refractivity contribution in [2.24, 2.45) is 5.84 Å². The average molecular weight is 249 g/mol. The van der Waals surface area contributed by atoms with Crippen LogP contribution in [0.5, 0.6) is 0 Å². The Morgan fingerprint density at radius 3 is 2.94 bits per heavy atom. The first-order valence-electron chi connectivity index (χ1n) is 6.36. The highest BCUT2D eigenvalue weighted by molar-refractivity contribution is 5.92. The van der Waals surface area contributed by atoms with Crippen LogP contribution in [0, 0.1) is 0 Å². The van der Waals surface area contributed by atoms with Gasteiger partial charge in [-0.25, -0.2) is 10.8 Å². The quantitative estimate of drug-likeness (QED) is 0.584. The molecule has 1 aromatic heterocycles. The zero-order chi connectivity index (χ0) is 13.0. The molecule has 0 spiro atoms. The number of aromatic nitrogens is 2. The number of hydrogen-bond donors (Lipinski definition) is 2. The molecule has 3 N–H and O–H groups in total. The van der Waals surface area contributed by atoms with Crippen molar-refractivity contribution in [3.8, 4) is 0 Å². The van der Waals surface area contributed by atoms with E-state index < -0.39 is 0 Å². The highest BCUT2D eigenvalue weighted by atomic mass is 16.2. The predicted octanol–water partition coefficient (Wildman–Crippen LogP) is 1.17. The monoisotopic (exact) mass is 249 g/mol. The topological polar surface area (TPSA) is 84.1 Å². The lowest BCUT2D eigenvalue weighted by Crippen LogP contribution is -2.34. The summed E-state index contributed by atoms with van der Waals surface area (Å²) >= 11 is 0. The van der Waals surface area contributed by atoms with E-state index in [1.807, 2.05) is 4.90 Å². The van der Waals surface area contributed by atoms with E-state index in [4.69, 9.17) is 5.84 Å². The summed E-state index contributed by atoms with van der Waals surface area (Å²) in [6.45, 7) is 2.91. The van der Waals surface area contributed by atoms with E-state index in [1.54, 1.807) is 0 Å². The standard InChI is InChI=1S/C12H19N5O/c1-2-3-6-17(9-4-5-9)12(18)10-7-14-8-11(15-10)16-13/h7-9H,2-6,13H2,1H3,(H,15,16). The average Bonchev–Trinajstić information content (AvgIpc) is 3.23. The molecule has 6 nitrogen and oxygen atoms in total. The number of amides is 1. The van der Waals surface area contributed by atoms with Crippen molar-refractivity contribution in [3.05, 3.63) is 18.1 Å². The molecule has 0 aromatic carbocycles. The molecule has 2 rings (SSSR count). The number of rotatable bonds is 6. The van der Waals surface area contributed by atoms with Crippen LogP contribution in [0.25, 0.3) is 0 Å². The maximum absolute atomic E-state index is 12.4. The Bertz CT molecular complexity index is 419. The number of hydrazine groups is 1. The van der Waals surface area contributed by atoms with Gasteiger partial charge in [-0.15, -0.1) is 0 Å². The largest absolute Gasteiger partial charge is 0.334 e. The van der Waals surface area contributed by atoms with Gasteiger partial charge in [-0.05, 0) is 19.3 Å². The molecular formula is C12H19N5O. The van der Waals surface area contributed by atoms with Gasteiger partial charge in [0.15, 0.2) is 5.82 Å². The molecule has 0 bridgehead atoms. The third kappa shape index (κ3) is 2.95. The summed E-state index contributed by atoms with van der Waals surface area (Å²) in [6.07, 6.45) is 7.27. The number of unbranched alkanes of at least 4 members (excludes halogenated alkanes) is 1. The minimum absolute atomic E-state index is 0.0458. The molecule has 1 saturated carbocycles. The smallest absolute Gasteiger partial charge is 0.274 e. The number of nitrogens with zero attached hydrogens (tertiary/aromatic N) is 3. The van der Waals surface area contributed by atoms with Crippen molar-refractivity contribution in [1.29, 1.82) is 0 Å². The molecule has 1 amide bonds. The zero-order valence-corrected chi connectivity index (χ0v) is 10.6. The first-order valence-corrected chi connectivity index (χ1v) is 6.36. The Hall–Kier alpha value is -1.69. The SMILES string of the molecule is CCCCN(C(=O)c1cncc(NN)n1)C1CC1. The molecule has 18 heavy (non-hydrogen) atoms. The van der Waals surface area contributed by atoms with E-state index in [9.17, 15) is 4.79 Å². The molecule has 1 aromatic rings. The maximum Gasteiger partial charge on any atom is 0.274 e. The van der Waals surface area contributed by atoms with Crippen molar-refractivity contribution < 1.29 is 4.79 Å². The van der Waals surface area contributed by atoms with E-state index in [2.05, 4.69) is 22.3 Å². The van der Waals surface area contributed by atoms with Gasteiger partial charge in [0.1, 0.15) is 5.69 Å². The van der Waals surface area contributed by atoms with E-state index in [-0.39, 0.29) is 5.91 Å². The lowest BCUT2D eigenvalue weighted by atomic mass is 10.3. The number of carbonyl (C=O) groups is 1. The van der Waals surface area contributed by atoms with Crippen LogP contribution < -0.4 is 11.3 Å². The van der Waals surface area contributed by atoms with Crippen LogP contribution >= 0.6 is 0 Å². The van der Waals surface area contributed by atoms with E-state index >= 15 is 0 Å². The summed E-state index contributed by atoms with van der Waals surface area (Å²) in [5.41, 5.74) is 2.76. The lowest BCUT2D eigenvalue weighted by Gasteiger charge is -2.21. The van der Waals surface area contributed by atoms with Gasteiger partial charge in [0.25, 0.3) is 5.91 Å². The highest BCUT2D eigenvalue weighted by Crippen LogP contribution is 2.28. The fourth-order valence-corrected chi connectivity index (χ4v) is 1.85. The molecule has 6 heteroatoms. The van der Waals surface area contributed by atoms with E-state index in [1.165, 1.54) is 12.4 Å². The van der Waals surface area contributed by atoms with Gasteiger partial charge in [-0.3, -0.25) is 9.78 Å². The molecule has 0 radical (unpaired) electrons. The molecule has 1 aliphatic rings. The number of nitrogens with two attached hydrogens (primary N) is 1. The number of hydrogen-bond acceptors (Lipinski definition) is 5. The maximum atomic E-state index is 12.4. The van der Waals surface area contributed by atoms with E-state index in [0.29, 0.717) is 17.6 Å². The Balaban J connectivity index is 2.11. The van der Waals surface area contributed by atoms with Gasteiger partial charge in [0.2, 0.25) is 0 Å². The van der Waals surface area contributed by atoms with Gasteiger partial charge < -0.3 is 10.3 Å². The molecule has 0 unspecified atom stereocenters. The van der Waals surface area contributed by atoms with Crippen LogP contribution in [0.4, 0.5) is 5.82 Å². The second-order valence-electron chi connectivity index (χ2n) is 4.52. The van der Waals surface area contributed by atoms with Gasteiger partial charge in [0.05, 0.1) is 12.4 Å². The number of nitrogen functional groups attached to an aromatic ring is 1. The highest BCUT2D eigenvalue weighted by Gasteiger charge is 2.33. The van der Waals surface area contributed by atoms with Crippen molar-refractivity contribution in [3.63, 3.8) is 0 Å². The third-order valence-corrected chi connectivity index (χ3v) is 3.00. The van der Waals surface area contributed by atoms with Gasteiger partial charge in [-0.2, -0.15) is 0 Å². The summed E-state index contributed by atoms with van der Waals surface area (Å²) in [7, 11) is 0. The van der Waals surface area contributed by atoms with Crippen LogP contribution in [-0.4, -0.2) is 33.4 Å². The third-order valence-electron chi connectivity index (χ3n) is 3.00. The number of anilines is 1. The summed E-state index contributed by atoms with van der Waals surface area (Å²) in [5.74, 6) is 5.63. The summed E-state index contributed by atoms with van der Waals surface area (Å²) in [6, 6.07) is 0.389. The predicted molar refractivity (Wildman–Crippen MR) is 68.8 cm³/mol. The fraction of sp³-hybridized carbons (Fsp3) is 0.583. The normalized spacial score (nSPS) is 14.3. The Kier molecular flexibility index (Phi) is 4.09. The molecule has 0 atom stereocenters. The Labute approximate surface area is 107 Å². The zero-order valence-electron chi connectivity index (χ0n) is 10.6. The minimum Gasteiger partial charge on any atom is -0.334 e. The van der Waals surface area contributed by atoms with Gasteiger partial charge >= 0.3 is 0 Å². The van der Waals surface area contributed by atoms with E-state index in [0.717, 1.165) is 32.2 Å². The minimum atomic E-state index is -0.0458. The Morgan fingerprint density at radius 1 is 1.56 bits per heavy atom. The fourth-order valence-electron chi connectivity index (χ4n) is 1.85. The molecular weight excluding hydrogens is 230 g/mol. The molecule has 0 saturated heterocycles.